The molecule has 1 saturated carbocycles. The van der Waals surface area contributed by atoms with E-state index in [0.29, 0.717) is 29.0 Å². The molecule has 0 aliphatic heterocycles. The molecule has 0 spiro atoms. The molecule has 6 N–H and O–H groups in total. The van der Waals surface area contributed by atoms with Crippen LogP contribution in [-0.4, -0.2) is 31.4 Å². The van der Waals surface area contributed by atoms with E-state index >= 15 is 0 Å². The Balaban J connectivity index is 1.65. The Hall–Kier alpha value is -4.15. The fraction of sp³-hybridized carbons (Fsp3) is 0.267. The van der Waals surface area contributed by atoms with Gasteiger partial charge in [0.15, 0.2) is 0 Å². The van der Waals surface area contributed by atoms with Crippen LogP contribution >= 0.6 is 0 Å². The second-order valence-corrected chi connectivity index (χ2v) is 9.57. The minimum absolute atomic E-state index is 0.209. The normalized spacial score (nSPS) is 15.0. The molecule has 40 heavy (non-hydrogen) atoms. The minimum atomic E-state index is -4.82. The predicted molar refractivity (Wildman–Crippen MR) is 150 cm³/mol. The average Bonchev–Trinajstić information content (AvgIpc) is 3.77. The molecule has 4 rings (SSSR count). The molecule has 1 fully saturated rings. The summed E-state index contributed by atoms with van der Waals surface area (Å²) in [6.07, 6.45) is -1.95. The highest BCUT2D eigenvalue weighted by Gasteiger charge is 2.32. The van der Waals surface area contributed by atoms with Crippen molar-refractivity contribution >= 4 is 23.0 Å². The molecule has 7 nitrogen and oxygen atoms in total. The van der Waals surface area contributed by atoms with E-state index in [-0.39, 0.29) is 18.3 Å². The molecular weight excluding hydrogens is 519 g/mol. The zero-order chi connectivity index (χ0) is 28.7. The Bertz CT molecular complexity index is 1400. The molecule has 10 heteroatoms. The smallest absolute Gasteiger partial charge is 0.430 e. The van der Waals surface area contributed by atoms with Gasteiger partial charge in [-0.25, -0.2) is 4.99 Å². The number of carbonyl (C=O) groups is 1. The lowest BCUT2D eigenvalue weighted by Crippen LogP contribution is -2.27. The zero-order valence-corrected chi connectivity index (χ0v) is 22.0. The number of para-hydroxylation sites is 1. The van der Waals surface area contributed by atoms with Crippen molar-refractivity contribution in [1.29, 1.82) is 0 Å². The third-order valence-electron chi connectivity index (χ3n) is 6.48. The number of benzene rings is 3. The van der Waals surface area contributed by atoms with Crippen LogP contribution < -0.4 is 26.8 Å². The number of nitrogens with one attached hydrogen (secondary N) is 2. The fourth-order valence-electron chi connectivity index (χ4n) is 4.18. The highest BCUT2D eigenvalue weighted by Crippen LogP contribution is 2.34. The van der Waals surface area contributed by atoms with E-state index in [1.807, 2.05) is 30.3 Å². The van der Waals surface area contributed by atoms with Crippen LogP contribution in [0.2, 0.25) is 0 Å². The van der Waals surface area contributed by atoms with Crippen molar-refractivity contribution in [1.82, 2.24) is 5.32 Å². The van der Waals surface area contributed by atoms with Crippen molar-refractivity contribution < 1.29 is 22.7 Å². The molecule has 1 aliphatic rings. The van der Waals surface area contributed by atoms with Gasteiger partial charge in [0.25, 0.3) is 5.91 Å². The third-order valence-corrected chi connectivity index (χ3v) is 6.48. The van der Waals surface area contributed by atoms with E-state index in [1.54, 1.807) is 49.6 Å². The molecule has 0 aromatic heterocycles. The summed E-state index contributed by atoms with van der Waals surface area (Å²) >= 11 is 0. The van der Waals surface area contributed by atoms with Gasteiger partial charge in [0.05, 0.1) is 18.8 Å². The van der Waals surface area contributed by atoms with Crippen LogP contribution in [0.25, 0.3) is 0 Å². The second-order valence-electron chi connectivity index (χ2n) is 9.57. The Morgan fingerprint density at radius 1 is 1.10 bits per heavy atom. The first-order chi connectivity index (χ1) is 19.2. The van der Waals surface area contributed by atoms with Crippen LogP contribution in [-0.2, 0) is 11.3 Å². The van der Waals surface area contributed by atoms with E-state index in [0.717, 1.165) is 17.7 Å². The number of aliphatic imine (C=N–C) groups is 1. The number of carbonyl (C=O) groups excluding carboxylic acids is 1. The van der Waals surface area contributed by atoms with Crippen LogP contribution in [0.3, 0.4) is 0 Å². The maximum atomic E-state index is 13.2. The molecule has 1 amide bonds. The first-order valence-electron chi connectivity index (χ1n) is 12.9. The number of amides is 1. The SMILES string of the molecule is COc1ccccc1C(NCC1CC1)c1cccc(NC(=O)C(/C=C(\N)C(F)(F)F)=Nc2cccc(CN)c2)c1. The number of nitrogens with zero attached hydrogens (tertiary/aromatic N) is 1. The first kappa shape index (κ1) is 28.8. The van der Waals surface area contributed by atoms with Gasteiger partial charge in [0.1, 0.15) is 17.2 Å². The van der Waals surface area contributed by atoms with Crippen LogP contribution in [0.4, 0.5) is 24.5 Å². The monoisotopic (exact) mass is 551 g/mol. The summed E-state index contributed by atoms with van der Waals surface area (Å²) in [4.78, 5) is 17.4. The van der Waals surface area contributed by atoms with Crippen molar-refractivity contribution in [2.45, 2.75) is 31.6 Å². The predicted octanol–water partition coefficient (Wildman–Crippen LogP) is 5.36. The molecule has 0 radical (unpaired) electrons. The van der Waals surface area contributed by atoms with E-state index in [2.05, 4.69) is 15.6 Å². The zero-order valence-electron chi connectivity index (χ0n) is 22.0. The molecule has 3 aromatic rings. The number of alkyl halides is 3. The van der Waals surface area contributed by atoms with E-state index in [9.17, 15) is 18.0 Å². The molecule has 3 aromatic carbocycles. The Morgan fingerprint density at radius 3 is 2.55 bits per heavy atom. The number of anilines is 1. The standard InChI is InChI=1S/C30H32F3N5O2/c1-40-26-11-3-2-10-24(26)28(36-18-19-12-13-19)21-7-5-9-23(15-21)38-29(39)25(16-27(35)30(31,32)33)37-22-8-4-6-20(14-22)17-34/h2-11,14-16,19,28,36H,12-13,17-18,34-35H2,1H3,(H,38,39)/b27-16-,37-25?. The maximum Gasteiger partial charge on any atom is 0.430 e. The molecule has 0 bridgehead atoms. The topological polar surface area (TPSA) is 115 Å². The number of nitrogens with two attached hydrogens (primary N) is 2. The Labute approximate surface area is 231 Å². The summed E-state index contributed by atoms with van der Waals surface area (Å²) < 4.78 is 45.3. The summed E-state index contributed by atoms with van der Waals surface area (Å²) in [5.41, 5.74) is 12.1. The van der Waals surface area contributed by atoms with E-state index in [4.69, 9.17) is 16.2 Å². The van der Waals surface area contributed by atoms with Crippen molar-refractivity contribution in [3.05, 3.63) is 101 Å². The van der Waals surface area contributed by atoms with Crippen molar-refractivity contribution in [3.8, 4) is 5.75 Å². The molecule has 0 heterocycles. The van der Waals surface area contributed by atoms with Crippen molar-refractivity contribution in [2.75, 3.05) is 19.0 Å². The number of hydrogen-bond acceptors (Lipinski definition) is 6. The summed E-state index contributed by atoms with van der Waals surface area (Å²) in [6.45, 7) is 1.03. The van der Waals surface area contributed by atoms with Gasteiger partial charge in [-0.2, -0.15) is 13.2 Å². The quantitative estimate of drug-likeness (QED) is 0.240. The Kier molecular flexibility index (Phi) is 9.23. The number of hydrogen-bond donors (Lipinski definition) is 4. The highest BCUT2D eigenvalue weighted by atomic mass is 19.4. The van der Waals surface area contributed by atoms with Crippen molar-refractivity contribution in [3.63, 3.8) is 0 Å². The lowest BCUT2D eigenvalue weighted by atomic mass is 9.97. The molecule has 1 aliphatic carbocycles. The lowest BCUT2D eigenvalue weighted by molar-refractivity contribution is -0.110. The van der Waals surface area contributed by atoms with Gasteiger partial charge in [-0.1, -0.05) is 42.5 Å². The first-order valence-corrected chi connectivity index (χ1v) is 12.9. The number of allylic oxidation sites excluding steroid dienone is 1. The average molecular weight is 552 g/mol. The molecular formula is C30H32F3N5O2. The van der Waals surface area contributed by atoms with E-state index < -0.39 is 23.5 Å². The summed E-state index contributed by atoms with van der Waals surface area (Å²) in [5, 5.41) is 6.28. The molecule has 0 saturated heterocycles. The van der Waals surface area contributed by atoms with Crippen LogP contribution in [0.1, 0.15) is 35.6 Å². The number of ether oxygens (including phenoxy) is 1. The van der Waals surface area contributed by atoms with Gasteiger partial charge in [-0.05, 0) is 72.8 Å². The van der Waals surface area contributed by atoms with Gasteiger partial charge in [0, 0.05) is 17.8 Å². The number of halogens is 3. The summed E-state index contributed by atoms with van der Waals surface area (Å²) in [5.74, 6) is 0.483. The molecule has 210 valence electrons. The van der Waals surface area contributed by atoms with Gasteiger partial charge >= 0.3 is 6.18 Å². The largest absolute Gasteiger partial charge is 0.496 e. The van der Waals surface area contributed by atoms with Crippen LogP contribution in [0.15, 0.2) is 89.6 Å². The van der Waals surface area contributed by atoms with Gasteiger partial charge < -0.3 is 26.8 Å². The summed E-state index contributed by atoms with van der Waals surface area (Å²) in [6, 6.07) is 21.1. The van der Waals surface area contributed by atoms with E-state index in [1.165, 1.54) is 12.8 Å². The van der Waals surface area contributed by atoms with Crippen molar-refractivity contribution in [2.24, 2.45) is 22.4 Å². The highest BCUT2D eigenvalue weighted by molar-refractivity contribution is 6.47. The van der Waals surface area contributed by atoms with Gasteiger partial charge in [-0.3, -0.25) is 4.79 Å². The molecule has 1 unspecified atom stereocenters. The minimum Gasteiger partial charge on any atom is -0.496 e. The van der Waals surface area contributed by atoms with Gasteiger partial charge in [0.2, 0.25) is 0 Å². The molecule has 1 atom stereocenters. The van der Waals surface area contributed by atoms with Crippen LogP contribution in [0.5, 0.6) is 5.75 Å². The fourth-order valence-corrected chi connectivity index (χ4v) is 4.18. The van der Waals surface area contributed by atoms with Crippen LogP contribution in [0, 0.1) is 5.92 Å². The summed E-state index contributed by atoms with van der Waals surface area (Å²) in [7, 11) is 1.61. The Morgan fingerprint density at radius 2 is 1.85 bits per heavy atom. The third kappa shape index (κ3) is 7.71. The maximum absolute atomic E-state index is 13.2. The number of methoxy groups -OCH3 is 1. The second kappa shape index (κ2) is 12.8. The lowest BCUT2D eigenvalue weighted by Gasteiger charge is -2.22. The number of rotatable bonds is 11. The van der Waals surface area contributed by atoms with Gasteiger partial charge in [-0.15, -0.1) is 0 Å².